The van der Waals surface area contributed by atoms with Gasteiger partial charge in [-0.25, -0.2) is 9.97 Å². The molecule has 0 aliphatic heterocycles. The minimum Gasteiger partial charge on any atom is -0.496 e. The molecule has 0 saturated heterocycles. The van der Waals surface area contributed by atoms with Gasteiger partial charge in [-0.05, 0) is 55.7 Å². The number of benzene rings is 2. The van der Waals surface area contributed by atoms with E-state index in [1.54, 1.807) is 7.11 Å². The zero-order valence-corrected chi connectivity index (χ0v) is 19.9. The van der Waals surface area contributed by atoms with Gasteiger partial charge in [-0.15, -0.1) is 11.3 Å². The molecule has 0 spiro atoms. The van der Waals surface area contributed by atoms with Gasteiger partial charge in [0.1, 0.15) is 23.2 Å². The predicted molar refractivity (Wildman–Crippen MR) is 127 cm³/mol. The molecule has 0 fully saturated rings. The number of aromatic nitrogens is 3. The Morgan fingerprint density at radius 3 is 2.69 bits per heavy atom. The Bertz CT molecular complexity index is 1290. The van der Waals surface area contributed by atoms with Crippen LogP contribution in [-0.4, -0.2) is 27.6 Å². The second-order valence-corrected chi connectivity index (χ2v) is 8.91. The summed E-state index contributed by atoms with van der Waals surface area (Å²) in [4.78, 5) is 22.9. The van der Waals surface area contributed by atoms with Gasteiger partial charge in [-0.1, -0.05) is 19.1 Å². The topological polar surface area (TPSA) is 66.2 Å². The molecular formula is C25H27N3O3S. The van der Waals surface area contributed by atoms with E-state index in [0.717, 1.165) is 61.3 Å². The highest BCUT2D eigenvalue weighted by Gasteiger charge is 2.18. The summed E-state index contributed by atoms with van der Waals surface area (Å²) in [6.07, 6.45) is 0.961. The Balaban J connectivity index is 1.47. The van der Waals surface area contributed by atoms with Crippen molar-refractivity contribution in [3.63, 3.8) is 0 Å². The Hall–Kier alpha value is -3.19. The smallest absolute Gasteiger partial charge is 0.311 e. The molecule has 0 radical (unpaired) electrons. The zero-order valence-electron chi connectivity index (χ0n) is 19.1. The van der Waals surface area contributed by atoms with E-state index in [9.17, 15) is 4.79 Å². The average molecular weight is 450 g/mol. The monoisotopic (exact) mass is 449 g/mol. The predicted octanol–water partition coefficient (Wildman–Crippen LogP) is 5.17. The average Bonchev–Trinajstić information content (AvgIpc) is 3.31. The summed E-state index contributed by atoms with van der Waals surface area (Å²) in [5.74, 6) is 1.48. The maximum atomic E-state index is 12.6. The van der Waals surface area contributed by atoms with E-state index in [1.165, 1.54) is 11.3 Å². The number of esters is 1. The maximum absolute atomic E-state index is 12.6. The first-order valence-electron chi connectivity index (χ1n) is 10.6. The quantitative estimate of drug-likeness (QED) is 0.364. The molecule has 0 N–H and O–H groups in total. The van der Waals surface area contributed by atoms with E-state index in [4.69, 9.17) is 14.5 Å². The summed E-state index contributed by atoms with van der Waals surface area (Å²) in [6, 6.07) is 12.0. The molecule has 6 nitrogen and oxygen atoms in total. The Morgan fingerprint density at radius 1 is 1.12 bits per heavy atom. The first-order valence-corrected chi connectivity index (χ1v) is 11.4. The third kappa shape index (κ3) is 4.39. The molecule has 4 aromatic rings. The van der Waals surface area contributed by atoms with Crippen LogP contribution in [0.3, 0.4) is 0 Å². The van der Waals surface area contributed by atoms with Crippen LogP contribution in [-0.2, 0) is 36.0 Å². The number of carbonyl (C=O) groups is 1. The van der Waals surface area contributed by atoms with Crippen molar-refractivity contribution >= 4 is 28.3 Å². The summed E-state index contributed by atoms with van der Waals surface area (Å²) in [6.45, 7) is 6.27. The number of hydrogen-bond donors (Lipinski definition) is 0. The largest absolute Gasteiger partial charge is 0.496 e. The fourth-order valence-electron chi connectivity index (χ4n) is 3.69. The van der Waals surface area contributed by atoms with Crippen LogP contribution in [0, 0.1) is 13.8 Å². The number of thiazole rings is 1. The van der Waals surface area contributed by atoms with Gasteiger partial charge in [-0.2, -0.15) is 0 Å². The number of carbonyl (C=O) groups excluding carboxylic acids is 1. The van der Waals surface area contributed by atoms with Gasteiger partial charge in [0.05, 0.1) is 35.8 Å². The van der Waals surface area contributed by atoms with Crippen molar-refractivity contribution in [2.45, 2.75) is 40.2 Å². The lowest BCUT2D eigenvalue weighted by atomic mass is 10.1. The lowest BCUT2D eigenvalue weighted by Gasteiger charge is -2.06. The normalized spacial score (nSPS) is 11.2. The molecule has 0 atom stereocenters. The maximum Gasteiger partial charge on any atom is 0.311 e. The van der Waals surface area contributed by atoms with Crippen LogP contribution in [0.1, 0.15) is 34.4 Å². The number of nitrogens with zero attached hydrogens (tertiary/aromatic N) is 3. The van der Waals surface area contributed by atoms with Crippen molar-refractivity contribution in [3.8, 4) is 16.3 Å². The van der Waals surface area contributed by atoms with E-state index in [2.05, 4.69) is 4.98 Å². The molecule has 166 valence electrons. The molecule has 2 aromatic carbocycles. The highest BCUT2D eigenvalue weighted by molar-refractivity contribution is 7.15. The first kappa shape index (κ1) is 22.0. The molecule has 0 aliphatic carbocycles. The molecule has 0 unspecified atom stereocenters. The van der Waals surface area contributed by atoms with Crippen LogP contribution in [0.5, 0.6) is 5.75 Å². The van der Waals surface area contributed by atoms with Crippen molar-refractivity contribution < 1.29 is 14.3 Å². The summed E-state index contributed by atoms with van der Waals surface area (Å²) >= 11 is 1.52. The fraction of sp³-hybridized carbons (Fsp3) is 0.320. The minimum absolute atomic E-state index is 0.208. The van der Waals surface area contributed by atoms with Crippen molar-refractivity contribution in [1.29, 1.82) is 0 Å². The summed E-state index contributed by atoms with van der Waals surface area (Å²) in [7, 11) is 3.65. The van der Waals surface area contributed by atoms with E-state index < -0.39 is 0 Å². The SMILES string of the molecule is CCc1nc(-c2ccc(C)cc2OC)sc1CC(=O)OCc1ccc2c(c1)nc(C)n2C. The summed E-state index contributed by atoms with van der Waals surface area (Å²) in [5.41, 5.74) is 5.89. The van der Waals surface area contributed by atoms with E-state index in [1.807, 2.05) is 68.8 Å². The lowest BCUT2D eigenvalue weighted by molar-refractivity contribution is -0.144. The Morgan fingerprint density at radius 2 is 1.94 bits per heavy atom. The number of ether oxygens (including phenoxy) is 2. The second kappa shape index (κ2) is 9.12. The van der Waals surface area contributed by atoms with Crippen LogP contribution in [0.15, 0.2) is 36.4 Å². The fourth-order valence-corrected chi connectivity index (χ4v) is 4.86. The molecule has 0 amide bonds. The highest BCUT2D eigenvalue weighted by Crippen LogP contribution is 2.35. The number of methoxy groups -OCH3 is 1. The molecular weight excluding hydrogens is 422 g/mol. The van der Waals surface area contributed by atoms with E-state index >= 15 is 0 Å². The van der Waals surface area contributed by atoms with Gasteiger partial charge in [0, 0.05) is 11.9 Å². The first-order chi connectivity index (χ1) is 15.4. The lowest BCUT2D eigenvalue weighted by Crippen LogP contribution is -2.08. The van der Waals surface area contributed by atoms with E-state index in [0.29, 0.717) is 0 Å². The van der Waals surface area contributed by atoms with Gasteiger partial charge in [0.15, 0.2) is 0 Å². The number of fused-ring (bicyclic) bond motifs is 1. The third-order valence-electron chi connectivity index (χ3n) is 5.57. The minimum atomic E-state index is -0.261. The van der Waals surface area contributed by atoms with Crippen molar-refractivity contribution in [2.75, 3.05) is 7.11 Å². The van der Waals surface area contributed by atoms with Gasteiger partial charge in [-0.3, -0.25) is 4.79 Å². The van der Waals surface area contributed by atoms with E-state index in [-0.39, 0.29) is 19.0 Å². The number of rotatable bonds is 7. The van der Waals surface area contributed by atoms with Gasteiger partial charge in [0.25, 0.3) is 0 Å². The third-order valence-corrected chi connectivity index (χ3v) is 6.71. The van der Waals surface area contributed by atoms with Gasteiger partial charge in [0.2, 0.25) is 0 Å². The number of imidazole rings is 1. The number of aryl methyl sites for hydroxylation is 4. The second-order valence-electron chi connectivity index (χ2n) is 7.82. The van der Waals surface area contributed by atoms with Crippen LogP contribution in [0.2, 0.25) is 0 Å². The molecule has 0 saturated carbocycles. The summed E-state index contributed by atoms with van der Waals surface area (Å²) in [5, 5.41) is 0.859. The molecule has 4 rings (SSSR count). The van der Waals surface area contributed by atoms with Gasteiger partial charge < -0.3 is 14.0 Å². The van der Waals surface area contributed by atoms with Crippen LogP contribution in [0.4, 0.5) is 0 Å². The van der Waals surface area contributed by atoms with Crippen LogP contribution >= 0.6 is 11.3 Å². The van der Waals surface area contributed by atoms with Gasteiger partial charge >= 0.3 is 5.97 Å². The van der Waals surface area contributed by atoms with Crippen LogP contribution < -0.4 is 4.74 Å². The molecule has 2 heterocycles. The van der Waals surface area contributed by atoms with Crippen molar-refractivity contribution in [1.82, 2.24) is 14.5 Å². The molecule has 2 aromatic heterocycles. The molecule has 7 heteroatoms. The standard InChI is InChI=1S/C25H27N3O3S/c1-6-19-23(32-25(27-19)18-9-7-15(2)11-22(18)30-5)13-24(29)31-14-17-8-10-21-20(12-17)26-16(3)28(21)4/h7-12H,6,13-14H2,1-5H3. The Kier molecular flexibility index (Phi) is 6.28. The molecule has 32 heavy (non-hydrogen) atoms. The zero-order chi connectivity index (χ0) is 22.8. The Labute approximate surface area is 191 Å². The van der Waals surface area contributed by atoms with Crippen molar-refractivity contribution in [3.05, 3.63) is 63.9 Å². The highest BCUT2D eigenvalue weighted by atomic mass is 32.1. The summed E-state index contributed by atoms with van der Waals surface area (Å²) < 4.78 is 13.2. The molecule has 0 bridgehead atoms. The van der Waals surface area contributed by atoms with Crippen molar-refractivity contribution in [2.24, 2.45) is 7.05 Å². The number of hydrogen-bond acceptors (Lipinski definition) is 6. The molecule has 0 aliphatic rings. The van der Waals surface area contributed by atoms with Crippen LogP contribution in [0.25, 0.3) is 21.6 Å².